The van der Waals surface area contributed by atoms with E-state index in [-0.39, 0.29) is 5.71 Å². The van der Waals surface area contributed by atoms with Crippen LogP contribution in [0.1, 0.15) is 5.56 Å². The smallest absolute Gasteiger partial charge is 0.177 e. The molecule has 82 valence electrons. The van der Waals surface area contributed by atoms with Gasteiger partial charge in [-0.1, -0.05) is 35.5 Å². The monoisotopic (exact) mass is 218 g/mol. The van der Waals surface area contributed by atoms with Crippen molar-refractivity contribution in [2.45, 2.75) is 0 Å². The number of nitrogens with zero attached hydrogens (tertiary/aromatic N) is 4. The third kappa shape index (κ3) is 1.77. The maximum Gasteiger partial charge on any atom is 0.177 e. The third-order valence-electron chi connectivity index (χ3n) is 2.28. The van der Waals surface area contributed by atoms with E-state index in [0.29, 0.717) is 24.5 Å². The number of rotatable bonds is 3. The molecule has 0 bridgehead atoms. The van der Waals surface area contributed by atoms with Gasteiger partial charge in [0.2, 0.25) is 0 Å². The molecule has 1 heterocycles. The van der Waals surface area contributed by atoms with Gasteiger partial charge >= 0.3 is 0 Å². The minimum absolute atomic E-state index is 0.262. The number of aliphatic imine (C=N–C) groups is 1. The van der Waals surface area contributed by atoms with E-state index in [2.05, 4.69) is 15.4 Å². The summed E-state index contributed by atoms with van der Waals surface area (Å²) in [4.78, 5) is 14.6. The second-order valence-electron chi connectivity index (χ2n) is 3.22. The van der Waals surface area contributed by atoms with Gasteiger partial charge in [-0.2, -0.15) is 0 Å². The van der Waals surface area contributed by atoms with Gasteiger partial charge in [-0.15, -0.1) is 4.91 Å². The van der Waals surface area contributed by atoms with Crippen molar-refractivity contribution in [3.63, 3.8) is 0 Å². The SMILES string of the molecule is O=NN1CCN=C1/C(=N\O)c1ccccc1. The first-order chi connectivity index (χ1) is 7.86. The van der Waals surface area contributed by atoms with Gasteiger partial charge in [-0.05, 0) is 0 Å². The van der Waals surface area contributed by atoms with Crippen molar-refractivity contribution in [2.75, 3.05) is 13.1 Å². The van der Waals surface area contributed by atoms with Gasteiger partial charge in [-0.3, -0.25) is 4.99 Å². The Hall–Kier alpha value is -2.24. The Kier molecular flexibility index (Phi) is 2.90. The molecular weight excluding hydrogens is 208 g/mol. The van der Waals surface area contributed by atoms with Crippen LogP contribution in [-0.2, 0) is 0 Å². The topological polar surface area (TPSA) is 77.6 Å². The summed E-state index contributed by atoms with van der Waals surface area (Å²) in [6, 6.07) is 9.03. The second-order valence-corrected chi connectivity index (χ2v) is 3.22. The number of hydrogen-bond donors (Lipinski definition) is 1. The molecule has 1 aromatic rings. The molecule has 16 heavy (non-hydrogen) atoms. The van der Waals surface area contributed by atoms with Gasteiger partial charge in [0.05, 0.1) is 18.4 Å². The highest BCUT2D eigenvalue weighted by Crippen LogP contribution is 2.10. The molecule has 1 aromatic carbocycles. The van der Waals surface area contributed by atoms with Crippen molar-refractivity contribution < 1.29 is 5.21 Å². The summed E-state index contributed by atoms with van der Waals surface area (Å²) in [5.74, 6) is 0.309. The van der Waals surface area contributed by atoms with Crippen molar-refractivity contribution in [2.24, 2.45) is 15.4 Å². The number of hydrogen-bond acceptors (Lipinski definition) is 5. The largest absolute Gasteiger partial charge is 0.410 e. The molecule has 1 aliphatic heterocycles. The summed E-state index contributed by atoms with van der Waals surface area (Å²) >= 11 is 0. The molecule has 0 aromatic heterocycles. The maximum absolute atomic E-state index is 10.5. The zero-order valence-corrected chi connectivity index (χ0v) is 8.45. The Bertz CT molecular complexity index is 441. The zero-order chi connectivity index (χ0) is 11.4. The average Bonchev–Trinajstić information content (AvgIpc) is 2.80. The van der Waals surface area contributed by atoms with Crippen molar-refractivity contribution in [1.82, 2.24) is 5.01 Å². The van der Waals surface area contributed by atoms with E-state index < -0.39 is 0 Å². The number of benzene rings is 1. The van der Waals surface area contributed by atoms with E-state index in [1.165, 1.54) is 5.01 Å². The van der Waals surface area contributed by atoms with Crippen LogP contribution in [0, 0.1) is 4.91 Å². The van der Waals surface area contributed by atoms with Crippen molar-refractivity contribution in [1.29, 1.82) is 0 Å². The van der Waals surface area contributed by atoms with Crippen LogP contribution in [0.4, 0.5) is 0 Å². The maximum atomic E-state index is 10.5. The van der Waals surface area contributed by atoms with Crippen LogP contribution in [0.2, 0.25) is 0 Å². The van der Waals surface area contributed by atoms with Crippen LogP contribution in [0.5, 0.6) is 0 Å². The lowest BCUT2D eigenvalue weighted by molar-refractivity contribution is 0.319. The molecule has 0 atom stereocenters. The van der Waals surface area contributed by atoms with Crippen molar-refractivity contribution in [3.8, 4) is 0 Å². The van der Waals surface area contributed by atoms with E-state index >= 15 is 0 Å². The molecule has 1 N–H and O–H groups in total. The minimum Gasteiger partial charge on any atom is -0.410 e. The highest BCUT2D eigenvalue weighted by atomic mass is 16.4. The fraction of sp³-hybridized carbons (Fsp3) is 0.200. The molecular formula is C10H10N4O2. The van der Waals surface area contributed by atoms with Gasteiger partial charge in [0.25, 0.3) is 0 Å². The lowest BCUT2D eigenvalue weighted by Crippen LogP contribution is -2.29. The quantitative estimate of drug-likeness (QED) is 0.359. The normalized spacial score (nSPS) is 16.1. The first kappa shape index (κ1) is 10.3. The molecule has 2 rings (SSSR count). The molecule has 0 saturated carbocycles. The summed E-state index contributed by atoms with van der Waals surface area (Å²) in [6.07, 6.45) is 0. The molecule has 0 radical (unpaired) electrons. The Morgan fingerprint density at radius 3 is 2.75 bits per heavy atom. The van der Waals surface area contributed by atoms with Crippen LogP contribution >= 0.6 is 0 Å². The molecule has 0 amide bonds. The third-order valence-corrected chi connectivity index (χ3v) is 2.28. The zero-order valence-electron chi connectivity index (χ0n) is 8.45. The number of nitroso groups, excluding NO2 is 1. The van der Waals surface area contributed by atoms with Gasteiger partial charge in [0.1, 0.15) is 0 Å². The van der Waals surface area contributed by atoms with E-state index in [4.69, 9.17) is 5.21 Å². The molecule has 0 aliphatic carbocycles. The Morgan fingerprint density at radius 1 is 1.38 bits per heavy atom. The summed E-state index contributed by atoms with van der Waals surface area (Å²) in [5.41, 5.74) is 0.956. The second kappa shape index (κ2) is 4.52. The summed E-state index contributed by atoms with van der Waals surface area (Å²) in [6.45, 7) is 0.900. The van der Waals surface area contributed by atoms with Crippen LogP contribution in [0.15, 0.2) is 45.8 Å². The van der Waals surface area contributed by atoms with Crippen LogP contribution in [0.3, 0.4) is 0 Å². The van der Waals surface area contributed by atoms with E-state index in [1.807, 2.05) is 18.2 Å². The standard InChI is InChI=1S/C10H10N4O2/c15-12-9(8-4-2-1-3-5-8)10-11-6-7-14(10)13-16/h1-5,15H,6-7H2/b12-9-. The molecule has 1 aliphatic rings. The highest BCUT2D eigenvalue weighted by molar-refractivity contribution is 6.47. The van der Waals surface area contributed by atoms with Crippen LogP contribution in [-0.4, -0.2) is 34.9 Å². The summed E-state index contributed by atoms with van der Waals surface area (Å²) in [5, 5.41) is 16.2. The fourth-order valence-corrected chi connectivity index (χ4v) is 1.54. The van der Waals surface area contributed by atoms with Crippen molar-refractivity contribution >= 4 is 11.5 Å². The lowest BCUT2D eigenvalue weighted by Gasteiger charge is -2.10. The Morgan fingerprint density at radius 2 is 2.12 bits per heavy atom. The summed E-state index contributed by atoms with van der Waals surface area (Å²) < 4.78 is 0. The van der Waals surface area contributed by atoms with E-state index in [0.717, 1.165) is 0 Å². The predicted molar refractivity (Wildman–Crippen MR) is 59.6 cm³/mol. The van der Waals surface area contributed by atoms with Crippen LogP contribution in [0.25, 0.3) is 0 Å². The fourth-order valence-electron chi connectivity index (χ4n) is 1.54. The molecule has 0 unspecified atom stereocenters. The van der Waals surface area contributed by atoms with Crippen molar-refractivity contribution in [3.05, 3.63) is 40.8 Å². The molecule has 6 nitrogen and oxygen atoms in total. The molecule has 6 heteroatoms. The van der Waals surface area contributed by atoms with Gasteiger partial charge in [-0.25, -0.2) is 5.01 Å². The average molecular weight is 218 g/mol. The lowest BCUT2D eigenvalue weighted by atomic mass is 10.1. The highest BCUT2D eigenvalue weighted by Gasteiger charge is 2.24. The number of amidine groups is 1. The van der Waals surface area contributed by atoms with Gasteiger partial charge < -0.3 is 5.21 Å². The molecule has 0 saturated heterocycles. The van der Waals surface area contributed by atoms with E-state index in [1.54, 1.807) is 12.1 Å². The van der Waals surface area contributed by atoms with Gasteiger partial charge in [0, 0.05) is 5.56 Å². The van der Waals surface area contributed by atoms with Crippen LogP contribution < -0.4 is 0 Å². The summed E-state index contributed by atoms with van der Waals surface area (Å²) in [7, 11) is 0. The first-order valence-corrected chi connectivity index (χ1v) is 4.80. The van der Waals surface area contributed by atoms with Gasteiger partial charge in [0.15, 0.2) is 11.5 Å². The molecule has 0 spiro atoms. The van der Waals surface area contributed by atoms with E-state index in [9.17, 15) is 4.91 Å². The molecule has 0 fully saturated rings. The Balaban J connectivity index is 2.35. The Labute approximate surface area is 91.8 Å². The number of oxime groups is 1. The predicted octanol–water partition coefficient (Wildman–Crippen LogP) is 1.26. The first-order valence-electron chi connectivity index (χ1n) is 4.80. The minimum atomic E-state index is 0.262.